The maximum absolute atomic E-state index is 11.1. The number of phenolic OH excluding ortho intramolecular Hbond substituents is 2. The third-order valence-corrected chi connectivity index (χ3v) is 2.02. The van der Waals surface area contributed by atoms with E-state index in [2.05, 4.69) is 4.74 Å². The molecule has 0 saturated heterocycles. The van der Waals surface area contributed by atoms with E-state index >= 15 is 0 Å². The topological polar surface area (TPSA) is 113 Å². The lowest BCUT2D eigenvalue weighted by molar-refractivity contribution is -0.145. The van der Waals surface area contributed by atoms with Crippen LogP contribution in [-0.2, 0) is 9.53 Å². The zero-order valence-corrected chi connectivity index (χ0v) is 8.54. The lowest BCUT2D eigenvalue weighted by Crippen LogP contribution is -2.37. The highest BCUT2D eigenvalue weighted by Gasteiger charge is 2.25. The summed E-state index contributed by atoms with van der Waals surface area (Å²) in [6.45, 7) is 0. The molecule has 2 atom stereocenters. The number of hydrogen-bond donors (Lipinski definition) is 4. The zero-order valence-electron chi connectivity index (χ0n) is 9.54. The molecule has 0 aromatic heterocycles. The SMILES string of the molecule is [2H][C@@](O)(c1ccc(O)c(O)c1)[C@H](N)C(=O)OC. The van der Waals surface area contributed by atoms with Crippen LogP contribution in [0.15, 0.2) is 18.2 Å². The van der Waals surface area contributed by atoms with E-state index in [0.29, 0.717) is 0 Å². The monoisotopic (exact) mass is 228 g/mol. The summed E-state index contributed by atoms with van der Waals surface area (Å²) in [6.07, 6.45) is -2.46. The Labute approximate surface area is 93.3 Å². The summed E-state index contributed by atoms with van der Waals surface area (Å²) in [4.78, 5) is 11.1. The van der Waals surface area contributed by atoms with E-state index in [4.69, 9.17) is 12.2 Å². The predicted molar refractivity (Wildman–Crippen MR) is 54.7 cm³/mol. The van der Waals surface area contributed by atoms with Gasteiger partial charge in [0.25, 0.3) is 0 Å². The first-order valence-electron chi connectivity index (χ1n) is 4.89. The van der Waals surface area contributed by atoms with Crippen LogP contribution in [0.25, 0.3) is 0 Å². The van der Waals surface area contributed by atoms with Gasteiger partial charge in [0.1, 0.15) is 12.1 Å². The van der Waals surface area contributed by atoms with Crippen molar-refractivity contribution in [3.8, 4) is 11.5 Å². The molecule has 1 aromatic carbocycles. The van der Waals surface area contributed by atoms with Crippen molar-refractivity contribution in [3.05, 3.63) is 23.8 Å². The van der Waals surface area contributed by atoms with Gasteiger partial charge in [-0.3, -0.25) is 4.79 Å². The van der Waals surface area contributed by atoms with E-state index in [0.717, 1.165) is 19.2 Å². The number of carbonyl (C=O) groups is 1. The zero-order chi connectivity index (χ0) is 13.2. The maximum Gasteiger partial charge on any atom is 0.325 e. The number of rotatable bonds is 3. The van der Waals surface area contributed by atoms with Gasteiger partial charge < -0.3 is 25.8 Å². The number of nitrogens with two attached hydrogens (primary N) is 1. The van der Waals surface area contributed by atoms with E-state index in [1.165, 1.54) is 6.07 Å². The average molecular weight is 228 g/mol. The molecule has 6 nitrogen and oxygen atoms in total. The van der Waals surface area contributed by atoms with Gasteiger partial charge in [0, 0.05) is 0 Å². The molecule has 0 unspecified atom stereocenters. The average Bonchev–Trinajstić information content (AvgIpc) is 2.30. The molecule has 6 heteroatoms. The molecule has 0 amide bonds. The van der Waals surface area contributed by atoms with Crippen molar-refractivity contribution in [2.45, 2.75) is 12.1 Å². The van der Waals surface area contributed by atoms with Crippen molar-refractivity contribution in [1.29, 1.82) is 0 Å². The Hall–Kier alpha value is -1.79. The number of esters is 1. The molecular weight excluding hydrogens is 214 g/mol. The minimum absolute atomic E-state index is 0.134. The second-order valence-electron chi connectivity index (χ2n) is 3.09. The molecule has 0 aliphatic carbocycles. The Morgan fingerprint density at radius 1 is 1.50 bits per heavy atom. The number of methoxy groups -OCH3 is 1. The third kappa shape index (κ3) is 2.41. The Morgan fingerprint density at radius 2 is 2.12 bits per heavy atom. The fraction of sp³-hybridized carbons (Fsp3) is 0.300. The van der Waals surface area contributed by atoms with E-state index in [1.54, 1.807) is 0 Å². The highest BCUT2D eigenvalue weighted by atomic mass is 16.5. The Balaban J connectivity index is 3.11. The highest BCUT2D eigenvalue weighted by Crippen LogP contribution is 2.28. The minimum atomic E-state index is -2.46. The van der Waals surface area contributed by atoms with Crippen LogP contribution in [0.5, 0.6) is 11.5 Å². The van der Waals surface area contributed by atoms with Gasteiger partial charge in [0.15, 0.2) is 11.5 Å². The summed E-state index contributed by atoms with van der Waals surface area (Å²) >= 11 is 0. The van der Waals surface area contributed by atoms with Gasteiger partial charge in [-0.1, -0.05) is 6.07 Å². The molecule has 0 saturated carbocycles. The van der Waals surface area contributed by atoms with Crippen LogP contribution in [-0.4, -0.2) is 34.4 Å². The van der Waals surface area contributed by atoms with Crippen LogP contribution < -0.4 is 5.73 Å². The molecule has 1 aromatic rings. The molecule has 0 aliphatic rings. The quantitative estimate of drug-likeness (QED) is 0.415. The number of carbonyl (C=O) groups excluding carboxylic acids is 1. The number of aromatic hydroxyl groups is 2. The van der Waals surface area contributed by atoms with Gasteiger partial charge in [-0.2, -0.15) is 0 Å². The minimum Gasteiger partial charge on any atom is -0.504 e. The van der Waals surface area contributed by atoms with Crippen molar-refractivity contribution in [1.82, 2.24) is 0 Å². The Morgan fingerprint density at radius 3 is 2.62 bits per heavy atom. The summed E-state index contributed by atoms with van der Waals surface area (Å²) in [5.74, 6) is -1.89. The number of ether oxygens (including phenoxy) is 1. The normalized spacial score (nSPS) is 17.1. The van der Waals surface area contributed by atoms with Gasteiger partial charge in [-0.15, -0.1) is 0 Å². The van der Waals surface area contributed by atoms with Crippen molar-refractivity contribution >= 4 is 5.97 Å². The summed E-state index contributed by atoms with van der Waals surface area (Å²) < 4.78 is 11.9. The fourth-order valence-electron chi connectivity index (χ4n) is 1.10. The molecule has 0 radical (unpaired) electrons. The van der Waals surface area contributed by atoms with Crippen molar-refractivity contribution in [2.75, 3.05) is 7.11 Å². The molecule has 0 bridgehead atoms. The van der Waals surface area contributed by atoms with Gasteiger partial charge >= 0.3 is 5.97 Å². The molecule has 0 heterocycles. The molecule has 88 valence electrons. The lowest BCUT2D eigenvalue weighted by atomic mass is 10.0. The van der Waals surface area contributed by atoms with Crippen LogP contribution in [0.3, 0.4) is 0 Å². The van der Waals surface area contributed by atoms with Crippen molar-refractivity contribution < 1.29 is 26.2 Å². The van der Waals surface area contributed by atoms with E-state index in [1.807, 2.05) is 0 Å². The standard InChI is InChI=1S/C10H13NO5/c1-16-10(15)8(11)9(14)5-2-3-6(12)7(13)4-5/h2-4,8-9,12-14H,11H2,1H3/t8-,9+/m0/s1/i9D. The second kappa shape index (κ2) is 4.82. The Kier molecular flexibility index (Phi) is 3.23. The molecule has 1 rings (SSSR count). The first-order valence-corrected chi connectivity index (χ1v) is 4.39. The summed E-state index contributed by atoms with van der Waals surface area (Å²) in [7, 11) is 1.08. The molecular formula is C10H13NO5. The van der Waals surface area contributed by atoms with Crippen LogP contribution in [0.2, 0.25) is 0 Å². The smallest absolute Gasteiger partial charge is 0.325 e. The number of hydrogen-bond acceptors (Lipinski definition) is 6. The molecule has 5 N–H and O–H groups in total. The summed E-state index contributed by atoms with van der Waals surface area (Å²) in [6, 6.07) is 1.57. The summed E-state index contributed by atoms with van der Waals surface area (Å²) in [5.41, 5.74) is 5.24. The lowest BCUT2D eigenvalue weighted by Gasteiger charge is -2.17. The van der Waals surface area contributed by atoms with Crippen LogP contribution in [0.1, 0.15) is 13.0 Å². The number of phenols is 2. The van der Waals surface area contributed by atoms with Gasteiger partial charge in [0.2, 0.25) is 0 Å². The second-order valence-corrected chi connectivity index (χ2v) is 3.09. The van der Waals surface area contributed by atoms with E-state index in [9.17, 15) is 15.0 Å². The van der Waals surface area contributed by atoms with Gasteiger partial charge in [-0.05, 0) is 17.7 Å². The van der Waals surface area contributed by atoms with Crippen LogP contribution in [0.4, 0.5) is 0 Å². The van der Waals surface area contributed by atoms with Crippen LogP contribution >= 0.6 is 0 Å². The highest BCUT2D eigenvalue weighted by molar-refractivity contribution is 5.76. The largest absolute Gasteiger partial charge is 0.504 e. The van der Waals surface area contributed by atoms with Crippen molar-refractivity contribution in [3.63, 3.8) is 0 Å². The van der Waals surface area contributed by atoms with Crippen LogP contribution in [0, 0.1) is 0 Å². The van der Waals surface area contributed by atoms with Gasteiger partial charge in [0.05, 0.1) is 8.48 Å². The maximum atomic E-state index is 11.1. The number of aliphatic hydroxyl groups is 1. The first-order chi connectivity index (χ1) is 7.80. The summed E-state index contributed by atoms with van der Waals surface area (Å²) in [5, 5.41) is 28.1. The van der Waals surface area contributed by atoms with Crippen molar-refractivity contribution in [2.24, 2.45) is 5.73 Å². The third-order valence-electron chi connectivity index (χ3n) is 2.02. The first kappa shape index (κ1) is 10.7. The fourth-order valence-corrected chi connectivity index (χ4v) is 1.10. The predicted octanol–water partition coefficient (Wildman–Crippen LogP) is -0.369. The molecule has 0 aliphatic heterocycles. The molecule has 0 spiro atoms. The van der Waals surface area contributed by atoms with E-state index in [-0.39, 0.29) is 5.56 Å². The molecule has 0 fully saturated rings. The van der Waals surface area contributed by atoms with E-state index < -0.39 is 29.6 Å². The molecule has 16 heavy (non-hydrogen) atoms. The Bertz CT molecular complexity index is 435. The van der Waals surface area contributed by atoms with Gasteiger partial charge in [-0.25, -0.2) is 0 Å². The number of benzene rings is 1.